The number of halogens is 4. The zero-order valence-corrected chi connectivity index (χ0v) is 14.9. The van der Waals surface area contributed by atoms with Crippen LogP contribution in [-0.4, -0.2) is 6.36 Å². The lowest BCUT2D eigenvalue weighted by molar-refractivity contribution is -0.275. The average molecular weight is 366 g/mol. The van der Waals surface area contributed by atoms with Gasteiger partial charge in [0.1, 0.15) is 0 Å². The van der Waals surface area contributed by atoms with Gasteiger partial charge in [0.2, 0.25) is 0 Å². The van der Waals surface area contributed by atoms with Gasteiger partial charge in [-0.3, -0.25) is 0 Å². The van der Waals surface area contributed by atoms with Crippen molar-refractivity contribution in [1.82, 2.24) is 0 Å². The van der Waals surface area contributed by atoms with Crippen molar-refractivity contribution in [3.8, 4) is 5.75 Å². The highest BCUT2D eigenvalue weighted by molar-refractivity contribution is 5.81. The first-order chi connectivity index (χ1) is 12.3. The van der Waals surface area contributed by atoms with Crippen LogP contribution in [0.15, 0.2) is 42.5 Å². The number of hydrogen-bond acceptors (Lipinski definition) is 1. The molecule has 2 rings (SSSR count). The van der Waals surface area contributed by atoms with E-state index in [1.807, 2.05) is 25.1 Å². The van der Waals surface area contributed by atoms with Crippen LogP contribution in [0.4, 0.5) is 17.6 Å². The maximum absolute atomic E-state index is 14.0. The van der Waals surface area contributed by atoms with Crippen LogP contribution in [0.3, 0.4) is 0 Å². The Labute approximate surface area is 151 Å². The fraction of sp³-hybridized carbons (Fsp3) is 0.333. The van der Waals surface area contributed by atoms with E-state index in [9.17, 15) is 17.6 Å². The predicted octanol–water partition coefficient (Wildman–Crippen LogP) is 7.02. The Hall–Kier alpha value is -2.30. The van der Waals surface area contributed by atoms with Gasteiger partial charge in [0, 0.05) is 0 Å². The zero-order chi connectivity index (χ0) is 19.2. The summed E-state index contributed by atoms with van der Waals surface area (Å²) < 4.78 is 54.5. The van der Waals surface area contributed by atoms with Gasteiger partial charge in [0.25, 0.3) is 0 Å². The highest BCUT2D eigenvalue weighted by Gasteiger charge is 2.32. The maximum Gasteiger partial charge on any atom is 0.573 e. The second kappa shape index (κ2) is 8.88. The minimum Gasteiger partial charge on any atom is -0.403 e. The lowest BCUT2D eigenvalue weighted by Gasteiger charge is -2.12. The fourth-order valence-corrected chi connectivity index (χ4v) is 2.75. The Balaban J connectivity index is 2.29. The van der Waals surface area contributed by atoms with E-state index in [1.165, 1.54) is 11.6 Å². The van der Waals surface area contributed by atoms with E-state index in [-0.39, 0.29) is 0 Å². The molecule has 0 radical (unpaired) electrons. The molecular weight excluding hydrogens is 344 g/mol. The van der Waals surface area contributed by atoms with Gasteiger partial charge in [0.05, 0.1) is 0 Å². The van der Waals surface area contributed by atoms with Crippen molar-refractivity contribution in [1.29, 1.82) is 0 Å². The van der Waals surface area contributed by atoms with Gasteiger partial charge in [-0.15, -0.1) is 13.2 Å². The van der Waals surface area contributed by atoms with Crippen LogP contribution in [0.25, 0.3) is 11.6 Å². The molecule has 0 amide bonds. The quantitative estimate of drug-likeness (QED) is 0.378. The second-order valence-electron chi connectivity index (χ2n) is 6.10. The largest absolute Gasteiger partial charge is 0.573 e. The summed E-state index contributed by atoms with van der Waals surface area (Å²) >= 11 is 0. The Bertz CT molecular complexity index is 746. The summed E-state index contributed by atoms with van der Waals surface area (Å²) in [6.45, 7) is 4.11. The van der Waals surface area contributed by atoms with Crippen LogP contribution in [-0.2, 0) is 6.42 Å². The van der Waals surface area contributed by atoms with Crippen LogP contribution in [0.2, 0.25) is 0 Å². The molecular formula is C21H22F4O. The van der Waals surface area contributed by atoms with Crippen molar-refractivity contribution in [2.24, 2.45) is 0 Å². The van der Waals surface area contributed by atoms with Crippen LogP contribution in [0.1, 0.15) is 49.8 Å². The predicted molar refractivity (Wildman–Crippen MR) is 96.3 cm³/mol. The summed E-state index contributed by atoms with van der Waals surface area (Å²) in [5, 5.41) is 0. The highest BCUT2D eigenvalue weighted by atomic mass is 19.4. The lowest BCUT2D eigenvalue weighted by atomic mass is 9.97. The Kier molecular flexibility index (Phi) is 6.83. The normalized spacial score (nSPS) is 12.3. The Morgan fingerprint density at radius 2 is 1.69 bits per heavy atom. The third-order valence-corrected chi connectivity index (χ3v) is 3.91. The maximum atomic E-state index is 14.0. The SMILES string of the molecule is CCC/C(=C/c1ccc(CCC)cc1)c1ccc(OC(F)(F)F)c(F)c1. The van der Waals surface area contributed by atoms with Crippen LogP contribution in [0.5, 0.6) is 5.75 Å². The van der Waals surface area contributed by atoms with Crippen molar-refractivity contribution in [3.05, 3.63) is 65.0 Å². The van der Waals surface area contributed by atoms with Crippen molar-refractivity contribution in [2.75, 3.05) is 0 Å². The summed E-state index contributed by atoms with van der Waals surface area (Å²) in [6.07, 6.45) is 0.639. The first-order valence-corrected chi connectivity index (χ1v) is 8.67. The monoisotopic (exact) mass is 366 g/mol. The topological polar surface area (TPSA) is 9.23 Å². The number of alkyl halides is 3. The smallest absolute Gasteiger partial charge is 0.403 e. The Morgan fingerprint density at radius 1 is 1.00 bits per heavy atom. The number of ether oxygens (including phenoxy) is 1. The van der Waals surface area contributed by atoms with E-state index in [0.717, 1.165) is 42.5 Å². The van der Waals surface area contributed by atoms with Gasteiger partial charge in [-0.25, -0.2) is 4.39 Å². The summed E-state index contributed by atoms with van der Waals surface area (Å²) in [4.78, 5) is 0. The third kappa shape index (κ3) is 5.90. The van der Waals surface area contributed by atoms with E-state index in [0.29, 0.717) is 12.0 Å². The third-order valence-electron chi connectivity index (χ3n) is 3.91. The molecule has 2 aromatic rings. The lowest BCUT2D eigenvalue weighted by Crippen LogP contribution is -2.18. The summed E-state index contributed by atoms with van der Waals surface area (Å²) in [5.74, 6) is -1.85. The average Bonchev–Trinajstić information content (AvgIpc) is 2.57. The number of hydrogen-bond donors (Lipinski definition) is 0. The van der Waals surface area contributed by atoms with E-state index < -0.39 is 17.9 Å². The molecule has 0 aromatic heterocycles. The molecule has 0 atom stereocenters. The molecule has 0 saturated heterocycles. The van der Waals surface area contributed by atoms with Gasteiger partial charge in [-0.1, -0.05) is 63.1 Å². The van der Waals surface area contributed by atoms with E-state index in [4.69, 9.17) is 0 Å². The first-order valence-electron chi connectivity index (χ1n) is 8.67. The van der Waals surface area contributed by atoms with Crippen molar-refractivity contribution < 1.29 is 22.3 Å². The molecule has 0 aliphatic carbocycles. The molecule has 0 bridgehead atoms. The molecule has 140 valence electrons. The zero-order valence-electron chi connectivity index (χ0n) is 14.9. The fourth-order valence-electron chi connectivity index (χ4n) is 2.75. The van der Waals surface area contributed by atoms with Crippen LogP contribution >= 0.6 is 0 Å². The molecule has 0 N–H and O–H groups in total. The van der Waals surface area contributed by atoms with Crippen molar-refractivity contribution in [3.63, 3.8) is 0 Å². The molecule has 2 aromatic carbocycles. The number of aryl methyl sites for hydroxylation is 1. The minimum absolute atomic E-state index is 0.552. The standard InChI is InChI=1S/C21H22F4O/c1-3-5-15-7-9-16(10-8-15)13-17(6-4-2)18-11-12-20(19(22)14-18)26-21(23,24)25/h7-14H,3-6H2,1-2H3/b17-13-. The van der Waals surface area contributed by atoms with Gasteiger partial charge < -0.3 is 4.74 Å². The summed E-state index contributed by atoms with van der Waals surface area (Å²) in [5.41, 5.74) is 3.65. The summed E-state index contributed by atoms with van der Waals surface area (Å²) in [6, 6.07) is 11.7. The van der Waals surface area contributed by atoms with Gasteiger partial charge in [-0.05, 0) is 47.2 Å². The van der Waals surface area contributed by atoms with E-state index in [2.05, 4.69) is 23.8 Å². The van der Waals surface area contributed by atoms with Crippen LogP contribution < -0.4 is 4.74 Å². The molecule has 26 heavy (non-hydrogen) atoms. The minimum atomic E-state index is -4.91. The van der Waals surface area contributed by atoms with Gasteiger partial charge >= 0.3 is 6.36 Å². The molecule has 0 saturated carbocycles. The molecule has 0 unspecified atom stereocenters. The molecule has 0 spiro atoms. The molecule has 5 heteroatoms. The number of allylic oxidation sites excluding steroid dienone is 1. The van der Waals surface area contributed by atoms with Gasteiger partial charge in [-0.2, -0.15) is 0 Å². The number of rotatable bonds is 7. The molecule has 0 aliphatic heterocycles. The van der Waals surface area contributed by atoms with Crippen molar-refractivity contribution >= 4 is 11.6 Å². The molecule has 0 aliphatic rings. The molecule has 0 fully saturated rings. The van der Waals surface area contributed by atoms with E-state index in [1.54, 1.807) is 0 Å². The van der Waals surface area contributed by atoms with E-state index >= 15 is 0 Å². The highest BCUT2D eigenvalue weighted by Crippen LogP contribution is 2.30. The summed E-state index contributed by atoms with van der Waals surface area (Å²) in [7, 11) is 0. The molecule has 1 nitrogen and oxygen atoms in total. The second-order valence-corrected chi connectivity index (χ2v) is 6.10. The number of benzene rings is 2. The van der Waals surface area contributed by atoms with Crippen LogP contribution in [0, 0.1) is 5.82 Å². The molecule has 0 heterocycles. The Morgan fingerprint density at radius 3 is 2.23 bits per heavy atom. The van der Waals surface area contributed by atoms with Crippen molar-refractivity contribution in [2.45, 2.75) is 45.9 Å². The van der Waals surface area contributed by atoms with Gasteiger partial charge in [0.15, 0.2) is 11.6 Å². The first kappa shape index (κ1) is 20.0.